The first kappa shape index (κ1) is 23.4. The Morgan fingerprint density at radius 2 is 1.62 bits per heavy atom. The largest absolute Gasteiger partial charge is 0.332 e. The van der Waals surface area contributed by atoms with Gasteiger partial charge in [0, 0.05) is 47.1 Å². The van der Waals surface area contributed by atoms with Crippen LogP contribution in [0.5, 0.6) is 0 Å². The van der Waals surface area contributed by atoms with Gasteiger partial charge in [0.1, 0.15) is 5.54 Å². The second-order valence-corrected chi connectivity index (χ2v) is 10.6. The predicted octanol–water partition coefficient (Wildman–Crippen LogP) is 6.19. The van der Waals surface area contributed by atoms with E-state index in [-0.39, 0.29) is 17.9 Å². The van der Waals surface area contributed by atoms with Gasteiger partial charge in [-0.1, -0.05) is 81.6 Å². The summed E-state index contributed by atoms with van der Waals surface area (Å²) < 4.78 is 0.960. The van der Waals surface area contributed by atoms with Crippen molar-refractivity contribution in [3.8, 4) is 0 Å². The first-order valence-electron chi connectivity index (χ1n) is 10.9. The topological polar surface area (TPSA) is 43.9 Å². The lowest BCUT2D eigenvalue weighted by Crippen LogP contribution is -2.53. The maximum absolute atomic E-state index is 14.2. The zero-order valence-electron chi connectivity index (χ0n) is 18.4. The highest BCUT2D eigenvalue weighted by Crippen LogP contribution is 2.47. The standard InChI is InChI=1S/C26H22BrCl2N3O2/c1-30-25(34)32(22-12-20(28)11-21(29)13-22)24(33)26(30)16-31(14-17-5-3-2-4-6-17)15-23(26)18-7-9-19(27)10-8-18/h2-13,23H,14-16H2,1H3. The molecule has 0 bridgehead atoms. The molecule has 0 aliphatic carbocycles. The number of urea groups is 1. The minimum Gasteiger partial charge on any atom is -0.310 e. The van der Waals surface area contributed by atoms with Gasteiger partial charge in [0.2, 0.25) is 0 Å². The van der Waals surface area contributed by atoms with Gasteiger partial charge < -0.3 is 4.90 Å². The van der Waals surface area contributed by atoms with Gasteiger partial charge in [0.05, 0.1) is 5.69 Å². The van der Waals surface area contributed by atoms with Crippen molar-refractivity contribution in [1.82, 2.24) is 9.80 Å². The molecule has 0 saturated carbocycles. The Hall–Kier alpha value is -2.38. The number of likely N-dealkylation sites (tertiary alicyclic amines) is 1. The molecule has 8 heteroatoms. The second kappa shape index (κ2) is 9.00. The van der Waals surface area contributed by atoms with Crippen molar-refractivity contribution in [3.05, 3.63) is 98.4 Å². The highest BCUT2D eigenvalue weighted by atomic mass is 79.9. The Morgan fingerprint density at radius 3 is 2.26 bits per heavy atom. The van der Waals surface area contributed by atoms with Crippen LogP contribution in [0.1, 0.15) is 17.0 Å². The summed E-state index contributed by atoms with van der Waals surface area (Å²) in [6, 6.07) is 22.5. The van der Waals surface area contributed by atoms with Crippen LogP contribution >= 0.6 is 39.1 Å². The van der Waals surface area contributed by atoms with Crippen LogP contribution in [0.4, 0.5) is 10.5 Å². The van der Waals surface area contributed by atoms with Crippen molar-refractivity contribution in [3.63, 3.8) is 0 Å². The van der Waals surface area contributed by atoms with Gasteiger partial charge in [-0.15, -0.1) is 0 Å². The molecule has 2 saturated heterocycles. The maximum Gasteiger partial charge on any atom is 0.332 e. The third kappa shape index (κ3) is 3.93. The van der Waals surface area contributed by atoms with E-state index in [2.05, 4.69) is 33.0 Å². The molecule has 1 spiro atoms. The van der Waals surface area contributed by atoms with Gasteiger partial charge >= 0.3 is 6.03 Å². The molecule has 2 aliphatic heterocycles. The monoisotopic (exact) mass is 557 g/mol. The Labute approximate surface area is 217 Å². The van der Waals surface area contributed by atoms with Crippen LogP contribution in [-0.4, -0.2) is 47.4 Å². The quantitative estimate of drug-likeness (QED) is 0.358. The van der Waals surface area contributed by atoms with E-state index in [1.54, 1.807) is 30.1 Å². The van der Waals surface area contributed by atoms with Crippen molar-refractivity contribution in [1.29, 1.82) is 0 Å². The predicted molar refractivity (Wildman–Crippen MR) is 138 cm³/mol. The summed E-state index contributed by atoms with van der Waals surface area (Å²) in [5.74, 6) is -0.466. The SMILES string of the molecule is CN1C(=O)N(c2cc(Cl)cc(Cl)c2)C(=O)C12CN(Cc1ccccc1)CC2c1ccc(Br)cc1. The summed E-state index contributed by atoms with van der Waals surface area (Å²) in [5, 5.41) is 0.738. The number of hydrogen-bond donors (Lipinski definition) is 0. The Kier molecular flexibility index (Phi) is 6.19. The van der Waals surface area contributed by atoms with Crippen molar-refractivity contribution in [2.75, 3.05) is 25.0 Å². The molecule has 3 amide bonds. The van der Waals surface area contributed by atoms with Crippen LogP contribution in [0.2, 0.25) is 10.0 Å². The number of carbonyl (C=O) groups excluding carboxylic acids is 2. The zero-order chi connectivity index (χ0) is 24.0. The fraction of sp³-hybridized carbons (Fsp3) is 0.231. The average molecular weight is 559 g/mol. The molecular formula is C26H22BrCl2N3O2. The molecule has 174 valence electrons. The third-order valence-electron chi connectivity index (χ3n) is 6.76. The van der Waals surface area contributed by atoms with Crippen molar-refractivity contribution >= 4 is 56.8 Å². The van der Waals surface area contributed by atoms with E-state index in [1.807, 2.05) is 42.5 Å². The minimum absolute atomic E-state index is 0.203. The van der Waals surface area contributed by atoms with E-state index in [0.29, 0.717) is 35.4 Å². The highest BCUT2D eigenvalue weighted by molar-refractivity contribution is 9.10. The van der Waals surface area contributed by atoms with E-state index < -0.39 is 5.54 Å². The molecular weight excluding hydrogens is 537 g/mol. The normalized spacial score (nSPS) is 22.9. The second-order valence-electron chi connectivity index (χ2n) is 8.79. The van der Waals surface area contributed by atoms with E-state index in [4.69, 9.17) is 23.2 Å². The van der Waals surface area contributed by atoms with Gasteiger partial charge in [-0.3, -0.25) is 9.69 Å². The van der Waals surface area contributed by atoms with Gasteiger partial charge in [0.25, 0.3) is 5.91 Å². The number of hydrogen-bond acceptors (Lipinski definition) is 3. The van der Waals surface area contributed by atoms with Crippen LogP contribution in [0, 0.1) is 0 Å². The summed E-state index contributed by atoms with van der Waals surface area (Å²) >= 11 is 15.9. The highest BCUT2D eigenvalue weighted by Gasteiger charge is 2.64. The number of likely N-dealkylation sites (N-methyl/N-ethyl adjacent to an activating group) is 1. The smallest absolute Gasteiger partial charge is 0.310 e. The molecule has 34 heavy (non-hydrogen) atoms. The summed E-state index contributed by atoms with van der Waals surface area (Å²) in [7, 11) is 1.71. The lowest BCUT2D eigenvalue weighted by molar-refractivity contribution is -0.124. The van der Waals surface area contributed by atoms with Gasteiger partial charge in [-0.2, -0.15) is 0 Å². The van der Waals surface area contributed by atoms with Crippen molar-refractivity contribution < 1.29 is 9.59 Å². The summed E-state index contributed by atoms with van der Waals surface area (Å²) in [5.41, 5.74) is 1.51. The van der Waals surface area contributed by atoms with E-state index in [1.165, 1.54) is 4.90 Å². The fourth-order valence-corrected chi connectivity index (χ4v) is 5.94. The van der Waals surface area contributed by atoms with E-state index in [9.17, 15) is 9.59 Å². The minimum atomic E-state index is -1.05. The molecule has 5 nitrogen and oxygen atoms in total. The molecule has 2 heterocycles. The van der Waals surface area contributed by atoms with E-state index in [0.717, 1.165) is 15.6 Å². The molecule has 0 radical (unpaired) electrons. The average Bonchev–Trinajstić information content (AvgIpc) is 3.26. The lowest BCUT2D eigenvalue weighted by atomic mass is 9.81. The van der Waals surface area contributed by atoms with E-state index >= 15 is 0 Å². The molecule has 2 aliphatic rings. The number of halogens is 3. The molecule has 0 aromatic heterocycles. The molecule has 5 rings (SSSR count). The lowest BCUT2D eigenvalue weighted by Gasteiger charge is -2.34. The zero-order valence-corrected chi connectivity index (χ0v) is 21.5. The molecule has 2 fully saturated rings. The van der Waals surface area contributed by atoms with Crippen LogP contribution in [0.15, 0.2) is 77.3 Å². The van der Waals surface area contributed by atoms with Crippen LogP contribution in [-0.2, 0) is 11.3 Å². The summed E-state index contributed by atoms with van der Waals surface area (Å²) in [6.07, 6.45) is 0. The number of benzene rings is 3. The molecule has 2 unspecified atom stereocenters. The van der Waals surface area contributed by atoms with Crippen LogP contribution in [0.25, 0.3) is 0 Å². The number of carbonyl (C=O) groups is 2. The van der Waals surface area contributed by atoms with Crippen LogP contribution in [0.3, 0.4) is 0 Å². The molecule has 2 atom stereocenters. The van der Waals surface area contributed by atoms with Crippen molar-refractivity contribution in [2.45, 2.75) is 18.0 Å². The third-order valence-corrected chi connectivity index (χ3v) is 7.72. The molecule has 3 aromatic carbocycles. The first-order chi connectivity index (χ1) is 16.3. The number of anilines is 1. The number of nitrogens with zero attached hydrogens (tertiary/aromatic N) is 3. The summed E-state index contributed by atoms with van der Waals surface area (Å²) in [6.45, 7) is 1.76. The molecule has 3 aromatic rings. The van der Waals surface area contributed by atoms with Gasteiger partial charge in [-0.05, 0) is 41.5 Å². The number of amides is 3. The summed E-state index contributed by atoms with van der Waals surface area (Å²) in [4.78, 5) is 32.7. The Morgan fingerprint density at radius 1 is 0.971 bits per heavy atom. The van der Waals surface area contributed by atoms with Gasteiger partial charge in [0.15, 0.2) is 0 Å². The maximum atomic E-state index is 14.2. The Bertz CT molecular complexity index is 1230. The Balaban J connectivity index is 1.58. The molecule has 0 N–H and O–H groups in total. The van der Waals surface area contributed by atoms with Crippen molar-refractivity contribution in [2.24, 2.45) is 0 Å². The van der Waals surface area contributed by atoms with Crippen LogP contribution < -0.4 is 4.90 Å². The number of rotatable bonds is 4. The van der Waals surface area contributed by atoms with Gasteiger partial charge in [-0.25, -0.2) is 9.69 Å². The fourth-order valence-electron chi connectivity index (χ4n) is 5.16. The first-order valence-corrected chi connectivity index (χ1v) is 12.4. The number of imide groups is 1.